The molecule has 1 unspecified atom stereocenters. The molecule has 0 saturated heterocycles. The number of rotatable bonds is 10. The van der Waals surface area contributed by atoms with Crippen LogP contribution >= 0.6 is 7.60 Å². The molecule has 2 rings (SSSR count). The number of aryl methyl sites for hydroxylation is 1. The molecule has 0 aromatic heterocycles. The van der Waals surface area contributed by atoms with Crippen LogP contribution in [0.5, 0.6) is 0 Å². The summed E-state index contributed by atoms with van der Waals surface area (Å²) in [7, 11) is -5.06. The lowest BCUT2D eigenvalue weighted by molar-refractivity contribution is 0.152. The Balaban J connectivity index is 2.57. The molecule has 0 aliphatic carbocycles. The summed E-state index contributed by atoms with van der Waals surface area (Å²) < 4.78 is 47.5. The highest BCUT2D eigenvalue weighted by Gasteiger charge is 2.47. The van der Waals surface area contributed by atoms with E-state index in [0.717, 1.165) is 11.1 Å². The highest BCUT2D eigenvalue weighted by Crippen LogP contribution is 2.56. The fourth-order valence-corrected chi connectivity index (χ4v) is 7.09. The molecule has 9 heteroatoms. The van der Waals surface area contributed by atoms with Crippen LogP contribution in [-0.4, -0.2) is 32.5 Å². The zero-order valence-corrected chi connectivity index (χ0v) is 23.0. The van der Waals surface area contributed by atoms with E-state index in [1.807, 2.05) is 49.4 Å². The molecule has 32 heavy (non-hydrogen) atoms. The SMILES string of the molecule is COP(=O)(OC)[C@H](NS(=O)c1ccc(C)cc1)[C@H](O[Si](C)(C)C(C)(C)C)c1ccccc1. The minimum Gasteiger partial charge on any atom is -0.408 e. The lowest BCUT2D eigenvalue weighted by atomic mass is 10.1. The van der Waals surface area contributed by atoms with Crippen LogP contribution in [0.4, 0.5) is 0 Å². The third-order valence-electron chi connectivity index (χ3n) is 5.96. The molecule has 0 heterocycles. The van der Waals surface area contributed by atoms with Gasteiger partial charge in [0.1, 0.15) is 11.0 Å². The molecular weight excluding hydrogens is 461 g/mol. The zero-order valence-electron chi connectivity index (χ0n) is 20.2. The first-order valence-electron chi connectivity index (χ1n) is 10.5. The molecular formula is C23H36NO5PSSi. The third kappa shape index (κ3) is 6.47. The molecule has 0 spiro atoms. The summed E-state index contributed by atoms with van der Waals surface area (Å²) in [5.41, 5.74) is 1.87. The fourth-order valence-electron chi connectivity index (χ4n) is 2.89. The van der Waals surface area contributed by atoms with E-state index in [-0.39, 0.29) is 5.04 Å². The summed E-state index contributed by atoms with van der Waals surface area (Å²) in [6, 6.07) is 16.9. The molecule has 0 aliphatic heterocycles. The largest absolute Gasteiger partial charge is 0.408 e. The lowest BCUT2D eigenvalue weighted by Gasteiger charge is -2.42. The van der Waals surface area contributed by atoms with E-state index in [4.69, 9.17) is 13.5 Å². The summed E-state index contributed by atoms with van der Waals surface area (Å²) >= 11 is 0. The van der Waals surface area contributed by atoms with Crippen LogP contribution in [0.15, 0.2) is 59.5 Å². The van der Waals surface area contributed by atoms with Gasteiger partial charge in [-0.3, -0.25) is 4.57 Å². The summed E-state index contributed by atoms with van der Waals surface area (Å²) in [6.07, 6.45) is -0.697. The topological polar surface area (TPSA) is 73.9 Å². The van der Waals surface area contributed by atoms with Crippen molar-refractivity contribution < 1.29 is 22.2 Å². The molecule has 0 fully saturated rings. The summed E-state index contributed by atoms with van der Waals surface area (Å²) in [4.78, 5) is 0.568. The summed E-state index contributed by atoms with van der Waals surface area (Å²) in [6.45, 7) is 12.6. The van der Waals surface area contributed by atoms with Crippen molar-refractivity contribution in [2.45, 2.75) is 62.6 Å². The number of nitrogens with one attached hydrogen (secondary N) is 1. The van der Waals surface area contributed by atoms with Crippen molar-refractivity contribution in [2.75, 3.05) is 14.2 Å². The summed E-state index contributed by atoms with van der Waals surface area (Å²) in [5.74, 6) is -0.990. The van der Waals surface area contributed by atoms with Crippen LogP contribution in [0.3, 0.4) is 0 Å². The molecule has 6 nitrogen and oxygen atoms in total. The maximum atomic E-state index is 13.7. The van der Waals surface area contributed by atoms with E-state index in [0.29, 0.717) is 4.90 Å². The first kappa shape index (κ1) is 27.1. The molecule has 0 radical (unpaired) electrons. The van der Waals surface area contributed by atoms with Gasteiger partial charge in [0.05, 0.1) is 11.0 Å². The van der Waals surface area contributed by atoms with Gasteiger partial charge in [-0.25, -0.2) is 8.93 Å². The highest BCUT2D eigenvalue weighted by atomic mass is 32.2. The van der Waals surface area contributed by atoms with Gasteiger partial charge in [-0.15, -0.1) is 0 Å². The van der Waals surface area contributed by atoms with Crippen LogP contribution in [0.25, 0.3) is 0 Å². The standard InChI is InChI=1S/C23H36NO5PSSi/c1-18-14-16-20(17-15-18)31(26)24-22(30(25,27-5)28-6)21(19-12-10-9-11-13-19)29-32(7,8)23(2,3)4/h9-17,21-22,24H,1-8H3/t21-,22+,31?/m1/s1. The van der Waals surface area contributed by atoms with Crippen LogP contribution in [-0.2, 0) is 29.0 Å². The van der Waals surface area contributed by atoms with E-state index in [1.54, 1.807) is 12.1 Å². The Morgan fingerprint density at radius 3 is 1.97 bits per heavy atom. The van der Waals surface area contributed by atoms with Gasteiger partial charge < -0.3 is 13.5 Å². The van der Waals surface area contributed by atoms with Crippen LogP contribution in [0.1, 0.15) is 38.0 Å². The fraction of sp³-hybridized carbons (Fsp3) is 0.478. The first-order chi connectivity index (χ1) is 14.8. The molecule has 0 amide bonds. The minimum absolute atomic E-state index is 0.0924. The van der Waals surface area contributed by atoms with Gasteiger partial charge in [-0.05, 0) is 42.8 Å². The molecule has 0 saturated carbocycles. The second-order valence-electron chi connectivity index (χ2n) is 9.26. The maximum absolute atomic E-state index is 13.7. The van der Waals surface area contributed by atoms with Crippen molar-refractivity contribution in [3.8, 4) is 0 Å². The predicted molar refractivity (Wildman–Crippen MR) is 134 cm³/mol. The Bertz CT molecular complexity index is 939. The van der Waals surface area contributed by atoms with Crippen LogP contribution in [0, 0.1) is 6.92 Å². The second-order valence-corrected chi connectivity index (χ2v) is 17.6. The van der Waals surface area contributed by atoms with Crippen molar-refractivity contribution in [3.63, 3.8) is 0 Å². The van der Waals surface area contributed by atoms with Gasteiger partial charge in [0.25, 0.3) is 0 Å². The lowest BCUT2D eigenvalue weighted by Crippen LogP contribution is -2.47. The Morgan fingerprint density at radius 2 is 1.50 bits per heavy atom. The average Bonchev–Trinajstić information content (AvgIpc) is 2.75. The molecule has 2 aromatic rings. The Labute approximate surface area is 196 Å². The Morgan fingerprint density at radius 1 is 0.969 bits per heavy atom. The molecule has 0 bridgehead atoms. The smallest absolute Gasteiger partial charge is 0.350 e. The monoisotopic (exact) mass is 497 g/mol. The van der Waals surface area contributed by atoms with Crippen LogP contribution in [0.2, 0.25) is 18.1 Å². The molecule has 178 valence electrons. The van der Waals surface area contributed by atoms with Gasteiger partial charge >= 0.3 is 7.60 Å². The Kier molecular flexibility index (Phi) is 9.21. The maximum Gasteiger partial charge on any atom is 0.350 e. The third-order valence-corrected chi connectivity index (χ3v) is 13.9. The van der Waals surface area contributed by atoms with E-state index in [2.05, 4.69) is 38.6 Å². The Hall–Kier alpha value is -1.12. The van der Waals surface area contributed by atoms with Gasteiger partial charge in [0, 0.05) is 14.2 Å². The van der Waals surface area contributed by atoms with E-state index >= 15 is 0 Å². The van der Waals surface area contributed by atoms with E-state index in [1.165, 1.54) is 14.2 Å². The zero-order chi connectivity index (χ0) is 24.2. The first-order valence-corrected chi connectivity index (χ1v) is 16.2. The van der Waals surface area contributed by atoms with Gasteiger partial charge in [0.15, 0.2) is 14.1 Å². The number of hydrogen-bond acceptors (Lipinski definition) is 5. The van der Waals surface area contributed by atoms with Crippen molar-refractivity contribution in [3.05, 3.63) is 65.7 Å². The quantitative estimate of drug-likeness (QED) is 0.313. The van der Waals surface area contributed by atoms with Crippen molar-refractivity contribution in [1.29, 1.82) is 0 Å². The second kappa shape index (κ2) is 10.9. The van der Waals surface area contributed by atoms with Crippen molar-refractivity contribution >= 4 is 26.9 Å². The van der Waals surface area contributed by atoms with Gasteiger partial charge in [-0.2, -0.15) is 0 Å². The van der Waals surface area contributed by atoms with Crippen molar-refractivity contribution in [1.82, 2.24) is 4.72 Å². The normalized spacial score (nSPS) is 15.9. The van der Waals surface area contributed by atoms with Gasteiger partial charge in [0.2, 0.25) is 0 Å². The number of hydrogen-bond donors (Lipinski definition) is 1. The molecule has 2 aromatic carbocycles. The van der Waals surface area contributed by atoms with Crippen molar-refractivity contribution in [2.24, 2.45) is 0 Å². The van der Waals surface area contributed by atoms with E-state index in [9.17, 15) is 8.77 Å². The van der Waals surface area contributed by atoms with E-state index < -0.39 is 38.8 Å². The van der Waals surface area contributed by atoms with Crippen LogP contribution < -0.4 is 4.72 Å². The molecule has 3 atom stereocenters. The summed E-state index contributed by atoms with van der Waals surface area (Å²) in [5, 5.41) is -0.0924. The molecule has 0 aliphatic rings. The average molecular weight is 498 g/mol. The van der Waals surface area contributed by atoms with Gasteiger partial charge in [-0.1, -0.05) is 68.8 Å². The predicted octanol–water partition coefficient (Wildman–Crippen LogP) is 6.18. The molecule has 1 N–H and O–H groups in total. The minimum atomic E-state index is -3.74. The highest BCUT2D eigenvalue weighted by molar-refractivity contribution is 7.83. The number of benzene rings is 2.